The summed E-state index contributed by atoms with van der Waals surface area (Å²) in [5.74, 6) is -0.843. The van der Waals surface area contributed by atoms with Gasteiger partial charge in [-0.3, -0.25) is 4.79 Å². The lowest BCUT2D eigenvalue weighted by atomic mass is 10.0. The first-order valence-corrected chi connectivity index (χ1v) is 5.75. The van der Waals surface area contributed by atoms with Crippen LogP contribution in [-0.4, -0.2) is 18.8 Å². The molecule has 80 valence electrons. The van der Waals surface area contributed by atoms with Crippen LogP contribution in [0.4, 0.5) is 0 Å². The molecule has 0 heterocycles. The molecule has 0 radical (unpaired) electrons. The van der Waals surface area contributed by atoms with Gasteiger partial charge in [0, 0.05) is 0 Å². The summed E-state index contributed by atoms with van der Waals surface area (Å²) < 4.78 is -6.11. The molecule has 1 aliphatic carbocycles. The van der Waals surface area contributed by atoms with Gasteiger partial charge in [-0.05, 0) is 6.08 Å². The highest BCUT2D eigenvalue weighted by atomic mass is 35.5. The van der Waals surface area contributed by atoms with Crippen molar-refractivity contribution in [3.63, 3.8) is 0 Å². The van der Waals surface area contributed by atoms with E-state index in [1.165, 1.54) is 0 Å². The second-order valence-electron chi connectivity index (χ2n) is 2.59. The Balaban J connectivity index is 3.42. The molecule has 0 aromatic heterocycles. The predicted octanol–water partition coefficient (Wildman–Crippen LogP) is 4.21. The monoisotopic (exact) mass is 334 g/mol. The van der Waals surface area contributed by atoms with E-state index >= 15 is 0 Å². The van der Waals surface area contributed by atoms with Crippen LogP contribution >= 0.6 is 81.2 Å². The number of hydrogen-bond acceptors (Lipinski definition) is 1. The lowest BCUT2D eigenvalue weighted by molar-refractivity contribution is -0.116. The zero-order chi connectivity index (χ0) is 11.4. The molecule has 8 heteroatoms. The van der Waals surface area contributed by atoms with Crippen molar-refractivity contribution >= 4 is 87.0 Å². The topological polar surface area (TPSA) is 17.1 Å². The van der Waals surface area contributed by atoms with E-state index in [1.54, 1.807) is 0 Å². The van der Waals surface area contributed by atoms with Gasteiger partial charge in [0.2, 0.25) is 10.1 Å². The quantitative estimate of drug-likeness (QED) is 0.605. The number of ketones is 1. The van der Waals surface area contributed by atoms with Gasteiger partial charge in [-0.15, -0.1) is 0 Å². The van der Waals surface area contributed by atoms with Gasteiger partial charge in [0.15, 0.2) is 8.67 Å². The molecule has 0 aromatic rings. The Morgan fingerprint density at radius 1 is 1.00 bits per heavy atom. The van der Waals surface area contributed by atoms with Crippen molar-refractivity contribution in [2.24, 2.45) is 0 Å². The molecule has 0 fully saturated rings. The Morgan fingerprint density at radius 2 is 1.43 bits per heavy atom. The fourth-order valence-corrected chi connectivity index (χ4v) is 2.81. The van der Waals surface area contributed by atoms with Crippen molar-refractivity contribution in [1.82, 2.24) is 0 Å². The van der Waals surface area contributed by atoms with Crippen LogP contribution in [0.3, 0.4) is 0 Å². The van der Waals surface area contributed by atoms with Crippen molar-refractivity contribution in [1.29, 1.82) is 0 Å². The van der Waals surface area contributed by atoms with Gasteiger partial charge in [-0.25, -0.2) is 0 Å². The average Bonchev–Trinajstić information content (AvgIpc) is 1.99. The Kier molecular flexibility index (Phi) is 3.60. The molecule has 1 nitrogen and oxygen atoms in total. The molecule has 1 rings (SSSR count). The summed E-state index contributed by atoms with van der Waals surface area (Å²) in [6, 6.07) is 0. The highest BCUT2D eigenvalue weighted by molar-refractivity contribution is 6.77. The summed E-state index contributed by atoms with van der Waals surface area (Å²) >= 11 is 39.7. The number of carbonyl (C=O) groups is 1. The summed E-state index contributed by atoms with van der Waals surface area (Å²) in [6.07, 6.45) is 0.989. The fourth-order valence-electron chi connectivity index (χ4n) is 0.817. The van der Waals surface area contributed by atoms with Gasteiger partial charge in [0.1, 0.15) is 0 Å². The molecule has 0 spiro atoms. The van der Waals surface area contributed by atoms with Crippen molar-refractivity contribution in [3.05, 3.63) is 11.1 Å². The van der Waals surface area contributed by atoms with Crippen LogP contribution in [-0.2, 0) is 4.79 Å². The van der Waals surface area contributed by atoms with Crippen LogP contribution in [0.5, 0.6) is 0 Å². The zero-order valence-corrected chi connectivity index (χ0v) is 11.4. The molecular weight excluding hydrogens is 336 g/mol. The number of hydrogen-bond donors (Lipinski definition) is 0. The summed E-state index contributed by atoms with van der Waals surface area (Å²) in [5.41, 5.74) is 0. The van der Waals surface area contributed by atoms with E-state index in [9.17, 15) is 4.79 Å². The lowest BCUT2D eigenvalue weighted by Gasteiger charge is -2.41. The maximum atomic E-state index is 11.4. The van der Waals surface area contributed by atoms with E-state index < -0.39 is 18.8 Å². The fraction of sp³-hybridized carbons (Fsp3) is 0.500. The number of alkyl halides is 6. The van der Waals surface area contributed by atoms with E-state index in [0.717, 1.165) is 6.08 Å². The molecule has 0 N–H and O–H groups in total. The smallest absolute Gasteiger partial charge is 0.217 e. The van der Waals surface area contributed by atoms with Crippen molar-refractivity contribution in [2.75, 3.05) is 0 Å². The molecule has 0 bridgehead atoms. The Hall–Kier alpha value is 1.44. The summed E-state index contributed by atoms with van der Waals surface area (Å²) in [5, 5.41) is -0.308. The number of carbonyl (C=O) groups excluding carboxylic acids is 1. The van der Waals surface area contributed by atoms with Crippen LogP contribution in [0.15, 0.2) is 11.1 Å². The van der Waals surface area contributed by atoms with Gasteiger partial charge < -0.3 is 0 Å². The normalized spacial score (nSPS) is 28.5. The average molecular weight is 337 g/mol. The first-order valence-electron chi connectivity index (χ1n) is 3.10. The van der Waals surface area contributed by atoms with E-state index in [-0.39, 0.29) is 5.03 Å². The second kappa shape index (κ2) is 3.73. The van der Waals surface area contributed by atoms with Crippen LogP contribution in [0.25, 0.3) is 0 Å². The molecule has 14 heavy (non-hydrogen) atoms. The number of Topliss-reactive ketones (excluding diaryl/α,β-unsaturated/α-hetero) is 1. The summed E-state index contributed by atoms with van der Waals surface area (Å²) in [6.45, 7) is 0. The highest BCUT2D eigenvalue weighted by Crippen LogP contribution is 2.59. The Bertz CT molecular complexity index is 316. The maximum Gasteiger partial charge on any atom is 0.217 e. The van der Waals surface area contributed by atoms with Crippen LogP contribution in [0, 0.1) is 0 Å². The SMILES string of the molecule is O=C1C(Cl)=CC(Cl)(Cl)C(Cl)(Cl)C1(Cl)Cl. The molecule has 0 aliphatic heterocycles. The van der Waals surface area contributed by atoms with Gasteiger partial charge in [-0.1, -0.05) is 81.2 Å². The van der Waals surface area contributed by atoms with Crippen molar-refractivity contribution in [2.45, 2.75) is 13.0 Å². The van der Waals surface area contributed by atoms with E-state index in [1.807, 2.05) is 0 Å². The molecule has 0 atom stereocenters. The summed E-state index contributed by atoms with van der Waals surface area (Å²) in [7, 11) is 0. The molecule has 1 aliphatic rings. The van der Waals surface area contributed by atoms with Gasteiger partial charge in [-0.2, -0.15) is 0 Å². The Labute approximate surface area is 115 Å². The van der Waals surface area contributed by atoms with Gasteiger partial charge in [0.05, 0.1) is 5.03 Å². The number of rotatable bonds is 0. The first-order chi connectivity index (χ1) is 6.04. The minimum atomic E-state index is -2.19. The molecule has 0 saturated carbocycles. The second-order valence-corrected chi connectivity index (χ2v) is 7.04. The van der Waals surface area contributed by atoms with E-state index in [2.05, 4.69) is 0 Å². The largest absolute Gasteiger partial charge is 0.290 e. The minimum Gasteiger partial charge on any atom is -0.290 e. The van der Waals surface area contributed by atoms with E-state index in [0.29, 0.717) is 0 Å². The third-order valence-corrected chi connectivity index (χ3v) is 5.54. The van der Waals surface area contributed by atoms with Crippen molar-refractivity contribution in [3.8, 4) is 0 Å². The summed E-state index contributed by atoms with van der Waals surface area (Å²) in [4.78, 5) is 11.4. The molecule has 0 unspecified atom stereocenters. The lowest BCUT2D eigenvalue weighted by Crippen LogP contribution is -2.56. The van der Waals surface area contributed by atoms with Crippen LogP contribution in [0.1, 0.15) is 0 Å². The van der Waals surface area contributed by atoms with Crippen LogP contribution in [0.2, 0.25) is 0 Å². The first kappa shape index (κ1) is 13.5. The van der Waals surface area contributed by atoms with Gasteiger partial charge in [0.25, 0.3) is 0 Å². The highest BCUT2D eigenvalue weighted by Gasteiger charge is 2.66. The molecular formula is C6HCl7O. The number of allylic oxidation sites excluding steroid dienone is 2. The van der Waals surface area contributed by atoms with Crippen LogP contribution < -0.4 is 0 Å². The van der Waals surface area contributed by atoms with Crippen molar-refractivity contribution < 1.29 is 4.79 Å². The molecule has 0 aromatic carbocycles. The third kappa shape index (κ3) is 1.75. The third-order valence-electron chi connectivity index (χ3n) is 1.62. The zero-order valence-electron chi connectivity index (χ0n) is 6.13. The number of halogens is 7. The minimum absolute atomic E-state index is 0.308. The standard InChI is InChI=1S/C6HCl7O/c7-2-1-4(8,9)6(12,13)5(10,11)3(2)14/h1H. The van der Waals surface area contributed by atoms with Gasteiger partial charge >= 0.3 is 0 Å². The molecule has 0 amide bonds. The predicted molar refractivity (Wildman–Crippen MR) is 62.3 cm³/mol. The van der Waals surface area contributed by atoms with E-state index in [4.69, 9.17) is 81.2 Å². The Morgan fingerprint density at radius 3 is 1.86 bits per heavy atom. The maximum absolute atomic E-state index is 11.4. The molecule has 0 saturated heterocycles.